The van der Waals surface area contributed by atoms with E-state index in [1.54, 1.807) is 0 Å². The fourth-order valence-corrected chi connectivity index (χ4v) is 16.0. The minimum Gasteiger partial charge on any atom is -0.430 e. The molecule has 1 fully saturated rings. The maximum absolute atomic E-state index is 3.92. The van der Waals surface area contributed by atoms with E-state index in [4.69, 9.17) is 0 Å². The van der Waals surface area contributed by atoms with Gasteiger partial charge < -0.3 is 3.81 Å². The largest absolute Gasteiger partial charge is 0.430 e. The van der Waals surface area contributed by atoms with E-state index in [9.17, 15) is 0 Å². The molecule has 0 spiro atoms. The van der Waals surface area contributed by atoms with Crippen molar-refractivity contribution in [3.8, 4) is 0 Å². The third-order valence-electron chi connectivity index (χ3n) is 3.04. The van der Waals surface area contributed by atoms with Crippen LogP contribution in [0.25, 0.3) is 0 Å². The molecule has 2 unspecified atom stereocenters. The van der Waals surface area contributed by atoms with E-state index < -0.39 is 18.2 Å². The molecule has 12 heavy (non-hydrogen) atoms. The van der Waals surface area contributed by atoms with Crippen molar-refractivity contribution in [3.63, 3.8) is 0 Å². The van der Waals surface area contributed by atoms with Crippen LogP contribution in [0.2, 0.25) is 11.1 Å². The number of hydrogen-bond donors (Lipinski definition) is 1. The molecule has 0 aromatic carbocycles. The third-order valence-corrected chi connectivity index (χ3v) is 13.1. The molecular formula is C8H23N2Si2+. The minimum absolute atomic E-state index is 0.648. The molecule has 0 bridgehead atoms. The topological polar surface area (TPSA) is 12.0 Å². The van der Waals surface area contributed by atoms with Crippen LogP contribution in [0, 0.1) is 0 Å². The van der Waals surface area contributed by atoms with Gasteiger partial charge in [-0.3, -0.25) is 4.65 Å². The molecule has 0 aromatic heterocycles. The summed E-state index contributed by atoms with van der Waals surface area (Å²) >= 11 is 0. The maximum Gasteiger partial charge on any atom is 0.334 e. The second-order valence-electron chi connectivity index (χ2n) is 5.17. The zero-order valence-corrected chi connectivity index (χ0v) is 11.6. The van der Waals surface area contributed by atoms with Crippen LogP contribution in [0.15, 0.2) is 0 Å². The van der Waals surface area contributed by atoms with Gasteiger partial charge in [-0.15, -0.1) is 0 Å². The molecule has 0 radical (unpaired) electrons. The molecule has 72 valence electrons. The fourth-order valence-electron chi connectivity index (χ4n) is 2.57. The van der Waals surface area contributed by atoms with Crippen LogP contribution in [0.4, 0.5) is 0 Å². The van der Waals surface area contributed by atoms with E-state index in [0.29, 0.717) is 0 Å². The Morgan fingerprint density at radius 1 is 0.917 bits per heavy atom. The average Bonchev–Trinajstić information content (AvgIpc) is 1.83. The highest BCUT2D eigenvalue weighted by atomic mass is 28.4. The Kier molecular flexibility index (Phi) is 2.83. The van der Waals surface area contributed by atoms with Gasteiger partial charge in [-0.2, -0.15) is 0 Å². The van der Waals surface area contributed by atoms with Gasteiger partial charge in [0.05, 0.1) is 0 Å². The van der Waals surface area contributed by atoms with Gasteiger partial charge in [0, 0.05) is 25.2 Å². The summed E-state index contributed by atoms with van der Waals surface area (Å²) in [6.45, 7) is 9.48. The Morgan fingerprint density at radius 3 is 1.42 bits per heavy atom. The van der Waals surface area contributed by atoms with Crippen molar-refractivity contribution >= 4 is 18.2 Å². The minimum atomic E-state index is -0.648. The second-order valence-corrected chi connectivity index (χ2v) is 14.2. The third kappa shape index (κ3) is 1.53. The lowest BCUT2D eigenvalue weighted by Crippen LogP contribution is -2.86. The number of nitrogens with zero attached hydrogens (tertiary/aromatic N) is 1. The number of quaternary nitrogens is 1. The normalized spacial score (nSPS) is 34.0. The molecule has 1 rings (SSSR count). The zero-order valence-electron chi connectivity index (χ0n) is 9.26. The molecule has 2 atom stereocenters. The van der Waals surface area contributed by atoms with Gasteiger partial charge in [-0.25, -0.2) is 0 Å². The van der Waals surface area contributed by atoms with Gasteiger partial charge >= 0.3 is 18.2 Å². The summed E-state index contributed by atoms with van der Waals surface area (Å²) in [5, 5.41) is 0. The van der Waals surface area contributed by atoms with Gasteiger partial charge in [0.2, 0.25) is 0 Å². The molecule has 0 aliphatic carbocycles. The van der Waals surface area contributed by atoms with Crippen LogP contribution in [-0.2, 0) is 0 Å². The maximum atomic E-state index is 3.92. The van der Waals surface area contributed by atoms with Crippen molar-refractivity contribution < 1.29 is 3.81 Å². The van der Waals surface area contributed by atoms with Crippen molar-refractivity contribution in [2.24, 2.45) is 0 Å². The van der Waals surface area contributed by atoms with Crippen LogP contribution < -0.4 is 4.65 Å². The lowest BCUT2D eigenvalue weighted by Gasteiger charge is -2.56. The van der Waals surface area contributed by atoms with Crippen LogP contribution >= 0.6 is 0 Å². The summed E-state index contributed by atoms with van der Waals surface area (Å²) in [6, 6.07) is 0. The Morgan fingerprint density at radius 2 is 1.25 bits per heavy atom. The first-order chi connectivity index (χ1) is 5.37. The molecule has 2 nitrogen and oxygen atoms in total. The molecular weight excluding hydrogens is 180 g/mol. The Bertz CT molecular complexity index is 152. The summed E-state index contributed by atoms with van der Waals surface area (Å²) in [6.07, 6.45) is 0. The molecule has 1 saturated heterocycles. The van der Waals surface area contributed by atoms with E-state index in [2.05, 4.69) is 46.4 Å². The van der Waals surface area contributed by atoms with Crippen LogP contribution in [0.3, 0.4) is 0 Å². The summed E-state index contributed by atoms with van der Waals surface area (Å²) in [5.41, 5.74) is 1.81. The molecule has 0 saturated carbocycles. The van der Waals surface area contributed by atoms with Crippen molar-refractivity contribution in [3.05, 3.63) is 0 Å². The first-order valence-corrected chi connectivity index (χ1v) is 8.49. The zero-order chi connectivity index (χ0) is 9.52. The van der Waals surface area contributed by atoms with Crippen molar-refractivity contribution in [2.75, 3.05) is 14.1 Å². The van der Waals surface area contributed by atoms with Gasteiger partial charge in [0.1, 0.15) is 0 Å². The summed E-state index contributed by atoms with van der Waals surface area (Å²) in [7, 11) is 3.60. The lowest BCUT2D eigenvalue weighted by molar-refractivity contribution is -0.691. The Hall–Kier alpha value is 0.354. The monoisotopic (exact) mass is 203 g/mol. The molecule has 1 aliphatic heterocycles. The molecule has 0 amide bonds. The molecule has 1 heterocycles. The van der Waals surface area contributed by atoms with E-state index in [-0.39, 0.29) is 0 Å². The predicted octanol–water partition coefficient (Wildman–Crippen LogP) is 0.927. The smallest absolute Gasteiger partial charge is 0.334 e. The van der Waals surface area contributed by atoms with Crippen LogP contribution in [0.1, 0.15) is 27.7 Å². The fraction of sp³-hybridized carbons (Fsp3) is 1.00. The van der Waals surface area contributed by atoms with Gasteiger partial charge in [-0.1, -0.05) is 27.7 Å². The number of hydrogen-bond acceptors (Lipinski definition) is 1. The van der Waals surface area contributed by atoms with Crippen molar-refractivity contribution in [1.82, 2.24) is 4.65 Å². The molecule has 1 aliphatic rings. The molecule has 1 N–H and O–H groups in total. The van der Waals surface area contributed by atoms with E-state index in [1.807, 2.05) is 0 Å². The van der Waals surface area contributed by atoms with Crippen LogP contribution in [0.5, 0.6) is 0 Å². The Balaban J connectivity index is 2.59. The second kappa shape index (κ2) is 3.25. The predicted molar refractivity (Wildman–Crippen MR) is 59.7 cm³/mol. The first-order valence-electron chi connectivity index (χ1n) is 4.96. The van der Waals surface area contributed by atoms with Gasteiger partial charge in [0.15, 0.2) is 0 Å². The Labute approximate surface area is 80.1 Å². The highest BCUT2D eigenvalue weighted by Crippen LogP contribution is 2.29. The lowest BCUT2D eigenvalue weighted by atomic mass is 10.6. The first kappa shape index (κ1) is 10.4. The highest BCUT2D eigenvalue weighted by Gasteiger charge is 2.54. The SMILES string of the molecule is CC(C)[SiH]1N[SiH](C(C)C)[N+]1(C)C. The van der Waals surface area contributed by atoms with E-state index >= 15 is 0 Å². The molecule has 0 aromatic rings. The highest BCUT2D eigenvalue weighted by molar-refractivity contribution is 6.80. The van der Waals surface area contributed by atoms with Crippen molar-refractivity contribution in [2.45, 2.75) is 38.8 Å². The van der Waals surface area contributed by atoms with E-state index in [0.717, 1.165) is 11.1 Å². The number of rotatable bonds is 2. The van der Waals surface area contributed by atoms with E-state index in [1.165, 1.54) is 3.81 Å². The molecule has 4 heteroatoms. The van der Waals surface area contributed by atoms with Crippen molar-refractivity contribution in [1.29, 1.82) is 0 Å². The van der Waals surface area contributed by atoms with Gasteiger partial charge in [0.25, 0.3) is 0 Å². The summed E-state index contributed by atoms with van der Waals surface area (Å²) in [4.78, 5) is 0. The standard InChI is InChI=1S/C8H23N2Si2/c1-7(2)11-9-12(8(3)4)10(11,5)6/h7-9,11-12H,1-6H3/q+1. The summed E-state index contributed by atoms with van der Waals surface area (Å²) < 4.78 is 5.33. The number of nitrogens with one attached hydrogen (secondary N) is 1. The van der Waals surface area contributed by atoms with Crippen LogP contribution in [-0.4, -0.2) is 36.1 Å². The average molecular weight is 203 g/mol. The van der Waals surface area contributed by atoms with Gasteiger partial charge in [-0.05, 0) is 0 Å². The summed E-state index contributed by atoms with van der Waals surface area (Å²) in [5.74, 6) is 0. The quantitative estimate of drug-likeness (QED) is 0.659.